The van der Waals surface area contributed by atoms with Crippen molar-refractivity contribution in [2.24, 2.45) is 0 Å². The normalized spacial score (nSPS) is 11.8. The number of rotatable bonds is 6. The van der Waals surface area contributed by atoms with Gasteiger partial charge in [0, 0.05) is 11.6 Å². The van der Waals surface area contributed by atoms with Gasteiger partial charge in [0.1, 0.15) is 5.75 Å². The molecule has 0 saturated carbocycles. The molecule has 0 bridgehead atoms. The Labute approximate surface area is 156 Å². The molecule has 27 heavy (non-hydrogen) atoms. The van der Waals surface area contributed by atoms with E-state index in [2.05, 4.69) is 5.32 Å². The third kappa shape index (κ3) is 4.23. The topological polar surface area (TPSA) is 81.5 Å². The zero-order valence-electron chi connectivity index (χ0n) is 15.1. The first kappa shape index (κ1) is 18.4. The highest BCUT2D eigenvalue weighted by molar-refractivity contribution is 5.87. The fraction of sp³-hybridized carbons (Fsp3) is 0.190. The van der Waals surface area contributed by atoms with E-state index in [0.717, 1.165) is 16.3 Å². The number of nitrogens with one attached hydrogen (secondary N) is 1. The third-order valence-corrected chi connectivity index (χ3v) is 4.40. The number of aryl methyl sites for hydroxylation is 1. The molecule has 3 aromatic carbocycles. The maximum absolute atomic E-state index is 12.3. The van der Waals surface area contributed by atoms with E-state index in [4.69, 9.17) is 4.74 Å². The van der Waals surface area contributed by atoms with Gasteiger partial charge < -0.3 is 10.1 Å². The number of hydrogen-bond acceptors (Lipinski definition) is 4. The van der Waals surface area contributed by atoms with E-state index in [9.17, 15) is 14.9 Å². The molecule has 0 aromatic heterocycles. The van der Waals surface area contributed by atoms with Crippen molar-refractivity contribution in [3.63, 3.8) is 0 Å². The Balaban J connectivity index is 1.64. The zero-order valence-corrected chi connectivity index (χ0v) is 15.1. The quantitative estimate of drug-likeness (QED) is 0.522. The lowest BCUT2D eigenvalue weighted by atomic mass is 10.00. The molecule has 3 aromatic rings. The number of nitro benzene ring substituents is 1. The van der Waals surface area contributed by atoms with Gasteiger partial charge in [0.05, 0.1) is 11.0 Å². The Bertz CT molecular complexity index is 995. The zero-order chi connectivity index (χ0) is 19.4. The molecule has 1 N–H and O–H groups in total. The number of amides is 1. The number of hydrogen-bond donors (Lipinski definition) is 1. The van der Waals surface area contributed by atoms with Crippen LogP contribution in [0.15, 0.2) is 60.7 Å². The van der Waals surface area contributed by atoms with E-state index in [0.29, 0.717) is 11.3 Å². The second-order valence-electron chi connectivity index (χ2n) is 6.35. The lowest BCUT2D eigenvalue weighted by Crippen LogP contribution is -2.31. The highest BCUT2D eigenvalue weighted by atomic mass is 16.6. The molecular weight excluding hydrogens is 344 g/mol. The molecule has 0 radical (unpaired) electrons. The number of fused-ring (bicyclic) bond motifs is 1. The largest absolute Gasteiger partial charge is 0.484 e. The standard InChI is InChI=1S/C21H20N2O4/c1-14-12-17(10-11-20(14)23(25)26)27-13-21(24)22-15(2)18-9-5-7-16-6-3-4-8-19(16)18/h3-12,15H,13H2,1-2H3,(H,22,24)/t15-/m0/s1. The maximum atomic E-state index is 12.3. The van der Waals surface area contributed by atoms with Crippen molar-refractivity contribution in [3.05, 3.63) is 81.9 Å². The second kappa shape index (κ2) is 7.86. The Kier molecular flexibility index (Phi) is 5.35. The van der Waals surface area contributed by atoms with Crippen molar-refractivity contribution in [3.8, 4) is 5.75 Å². The summed E-state index contributed by atoms with van der Waals surface area (Å²) in [5.74, 6) is 0.164. The minimum Gasteiger partial charge on any atom is -0.484 e. The summed E-state index contributed by atoms with van der Waals surface area (Å²) in [5, 5.41) is 16.0. The highest BCUT2D eigenvalue weighted by Crippen LogP contribution is 2.25. The van der Waals surface area contributed by atoms with Crippen LogP contribution in [0.4, 0.5) is 5.69 Å². The van der Waals surface area contributed by atoms with Crippen molar-refractivity contribution in [2.45, 2.75) is 19.9 Å². The molecule has 3 rings (SSSR count). The van der Waals surface area contributed by atoms with Gasteiger partial charge in [0.2, 0.25) is 0 Å². The summed E-state index contributed by atoms with van der Waals surface area (Å²) in [7, 11) is 0. The lowest BCUT2D eigenvalue weighted by molar-refractivity contribution is -0.385. The first-order valence-corrected chi connectivity index (χ1v) is 8.60. The highest BCUT2D eigenvalue weighted by Gasteiger charge is 2.14. The van der Waals surface area contributed by atoms with Gasteiger partial charge in [-0.05, 0) is 42.3 Å². The van der Waals surface area contributed by atoms with E-state index in [1.807, 2.05) is 49.4 Å². The molecule has 0 unspecified atom stereocenters. The number of ether oxygens (including phenoxy) is 1. The van der Waals surface area contributed by atoms with Crippen molar-refractivity contribution in [2.75, 3.05) is 6.61 Å². The fourth-order valence-corrected chi connectivity index (χ4v) is 3.06. The maximum Gasteiger partial charge on any atom is 0.272 e. The van der Waals surface area contributed by atoms with Gasteiger partial charge >= 0.3 is 0 Å². The number of carbonyl (C=O) groups excluding carboxylic acids is 1. The summed E-state index contributed by atoms with van der Waals surface area (Å²) in [6, 6.07) is 18.3. The number of nitro groups is 1. The summed E-state index contributed by atoms with van der Waals surface area (Å²) in [6.45, 7) is 3.40. The van der Waals surface area contributed by atoms with E-state index in [1.54, 1.807) is 13.0 Å². The summed E-state index contributed by atoms with van der Waals surface area (Å²) < 4.78 is 5.47. The molecule has 0 fully saturated rings. The van der Waals surface area contributed by atoms with Gasteiger partial charge in [-0.25, -0.2) is 0 Å². The minimum atomic E-state index is -0.447. The van der Waals surface area contributed by atoms with Crippen molar-refractivity contribution in [1.82, 2.24) is 5.32 Å². The second-order valence-corrected chi connectivity index (χ2v) is 6.35. The molecule has 6 heteroatoms. The minimum absolute atomic E-state index is 0.0244. The molecule has 6 nitrogen and oxygen atoms in total. The molecule has 0 aliphatic heterocycles. The lowest BCUT2D eigenvalue weighted by Gasteiger charge is -2.17. The first-order chi connectivity index (χ1) is 13.0. The predicted octanol–water partition coefficient (Wildman–Crippen LogP) is 4.31. The van der Waals surface area contributed by atoms with Crippen LogP contribution in [0.1, 0.15) is 24.1 Å². The van der Waals surface area contributed by atoms with Gasteiger partial charge in [0.15, 0.2) is 6.61 Å². The Morgan fingerprint density at radius 1 is 1.15 bits per heavy atom. The van der Waals surface area contributed by atoms with Gasteiger partial charge in [0.25, 0.3) is 11.6 Å². The third-order valence-electron chi connectivity index (χ3n) is 4.40. The van der Waals surface area contributed by atoms with Crippen molar-refractivity contribution >= 4 is 22.4 Å². The SMILES string of the molecule is Cc1cc(OCC(=O)N[C@@H](C)c2cccc3ccccc23)ccc1[N+](=O)[O-]. The molecule has 1 amide bonds. The van der Waals surface area contributed by atoms with Crippen molar-refractivity contribution < 1.29 is 14.5 Å². The van der Waals surface area contributed by atoms with Crippen LogP contribution in [0, 0.1) is 17.0 Å². The molecule has 0 heterocycles. The van der Waals surface area contributed by atoms with Crippen LogP contribution in [0.3, 0.4) is 0 Å². The molecule has 0 saturated heterocycles. The average Bonchev–Trinajstić information content (AvgIpc) is 2.65. The molecule has 138 valence electrons. The molecule has 1 atom stereocenters. The molecule has 0 aliphatic carbocycles. The van der Waals surface area contributed by atoms with E-state index in [1.165, 1.54) is 12.1 Å². The van der Waals surface area contributed by atoms with Crippen LogP contribution < -0.4 is 10.1 Å². The summed E-state index contributed by atoms with van der Waals surface area (Å²) >= 11 is 0. The monoisotopic (exact) mass is 364 g/mol. The van der Waals surface area contributed by atoms with E-state index in [-0.39, 0.29) is 24.2 Å². The van der Waals surface area contributed by atoms with Crippen LogP contribution in [0.2, 0.25) is 0 Å². The van der Waals surface area contributed by atoms with Crippen LogP contribution in [-0.4, -0.2) is 17.4 Å². The molecule has 0 aliphatic rings. The number of carbonyl (C=O) groups is 1. The number of benzene rings is 3. The Hall–Kier alpha value is -3.41. The number of nitrogens with zero attached hydrogens (tertiary/aromatic N) is 1. The van der Waals surface area contributed by atoms with Crippen molar-refractivity contribution in [1.29, 1.82) is 0 Å². The predicted molar refractivity (Wildman–Crippen MR) is 104 cm³/mol. The summed E-state index contributed by atoms with van der Waals surface area (Å²) in [6.07, 6.45) is 0. The van der Waals surface area contributed by atoms with Crippen LogP contribution in [0.25, 0.3) is 10.8 Å². The molecule has 0 spiro atoms. The Morgan fingerprint density at radius 3 is 2.63 bits per heavy atom. The summed E-state index contributed by atoms with van der Waals surface area (Å²) in [4.78, 5) is 22.7. The van der Waals surface area contributed by atoms with E-state index >= 15 is 0 Å². The van der Waals surface area contributed by atoms with Gasteiger partial charge in [-0.3, -0.25) is 14.9 Å². The van der Waals surface area contributed by atoms with Crippen LogP contribution >= 0.6 is 0 Å². The summed E-state index contributed by atoms with van der Waals surface area (Å²) in [5.41, 5.74) is 1.55. The van der Waals surface area contributed by atoms with Gasteiger partial charge in [-0.15, -0.1) is 0 Å². The van der Waals surface area contributed by atoms with Crippen LogP contribution in [-0.2, 0) is 4.79 Å². The smallest absolute Gasteiger partial charge is 0.272 e. The van der Waals surface area contributed by atoms with Gasteiger partial charge in [-0.2, -0.15) is 0 Å². The fourth-order valence-electron chi connectivity index (χ4n) is 3.06. The van der Waals surface area contributed by atoms with E-state index < -0.39 is 4.92 Å². The van der Waals surface area contributed by atoms with Crippen LogP contribution in [0.5, 0.6) is 5.75 Å². The molecular formula is C21H20N2O4. The van der Waals surface area contributed by atoms with Gasteiger partial charge in [-0.1, -0.05) is 42.5 Å². The average molecular weight is 364 g/mol. The Morgan fingerprint density at radius 2 is 1.89 bits per heavy atom. The first-order valence-electron chi connectivity index (χ1n) is 8.60.